The maximum absolute atomic E-state index is 8.99. The van der Waals surface area contributed by atoms with Gasteiger partial charge in [0.2, 0.25) is 0 Å². The fourth-order valence-electron chi connectivity index (χ4n) is 2.75. The number of anilines is 1. The van der Waals surface area contributed by atoms with Crippen molar-refractivity contribution in [1.29, 1.82) is 5.41 Å². The van der Waals surface area contributed by atoms with Crippen molar-refractivity contribution in [2.45, 2.75) is 31.7 Å². The Kier molecular flexibility index (Phi) is 4.82. The summed E-state index contributed by atoms with van der Waals surface area (Å²) < 4.78 is 1.00. The van der Waals surface area contributed by atoms with Crippen LogP contribution in [0, 0.1) is 5.41 Å². The molecular formula is C14H20BrN3O. The summed E-state index contributed by atoms with van der Waals surface area (Å²) in [7, 11) is 0. The fraction of sp³-hybridized carbons (Fsp3) is 0.500. The molecule has 0 saturated carbocycles. The summed E-state index contributed by atoms with van der Waals surface area (Å²) in [4.78, 5) is 2.33. The van der Waals surface area contributed by atoms with E-state index in [2.05, 4.69) is 20.8 Å². The molecule has 1 aliphatic rings. The van der Waals surface area contributed by atoms with Crippen LogP contribution >= 0.6 is 15.9 Å². The van der Waals surface area contributed by atoms with Gasteiger partial charge in [0.25, 0.3) is 0 Å². The minimum Gasteiger partial charge on any atom is -0.396 e. The Labute approximate surface area is 122 Å². The maximum Gasteiger partial charge on any atom is 0.124 e. The number of halogens is 1. The quantitative estimate of drug-likeness (QED) is 0.575. The summed E-state index contributed by atoms with van der Waals surface area (Å²) in [5.41, 5.74) is 7.50. The average Bonchev–Trinajstić information content (AvgIpc) is 2.83. The van der Waals surface area contributed by atoms with Gasteiger partial charge in [-0.1, -0.05) is 15.9 Å². The highest BCUT2D eigenvalue weighted by atomic mass is 79.9. The molecular weight excluding hydrogens is 306 g/mol. The third-order valence-electron chi connectivity index (χ3n) is 3.63. The van der Waals surface area contributed by atoms with Crippen LogP contribution in [0.4, 0.5) is 5.69 Å². The molecule has 4 N–H and O–H groups in total. The molecule has 1 heterocycles. The Bertz CT molecular complexity index is 464. The molecule has 4 nitrogen and oxygen atoms in total. The van der Waals surface area contributed by atoms with Crippen LogP contribution in [-0.4, -0.2) is 30.1 Å². The summed E-state index contributed by atoms with van der Waals surface area (Å²) in [5.74, 6) is 0.107. The lowest BCUT2D eigenvalue weighted by Crippen LogP contribution is -2.31. The topological polar surface area (TPSA) is 73.3 Å². The van der Waals surface area contributed by atoms with E-state index < -0.39 is 0 Å². The highest BCUT2D eigenvalue weighted by Crippen LogP contribution is 2.32. The molecule has 2 rings (SSSR count). The molecule has 0 spiro atoms. The van der Waals surface area contributed by atoms with Gasteiger partial charge in [-0.05, 0) is 43.9 Å². The molecule has 5 heteroatoms. The van der Waals surface area contributed by atoms with E-state index in [4.69, 9.17) is 16.2 Å². The van der Waals surface area contributed by atoms with Crippen LogP contribution < -0.4 is 10.6 Å². The first-order valence-corrected chi connectivity index (χ1v) is 7.44. The van der Waals surface area contributed by atoms with Crippen molar-refractivity contribution in [3.05, 3.63) is 28.2 Å². The lowest BCUT2D eigenvalue weighted by Gasteiger charge is -2.29. The molecule has 1 atom stereocenters. The third kappa shape index (κ3) is 3.28. The smallest absolute Gasteiger partial charge is 0.124 e. The van der Waals surface area contributed by atoms with Crippen molar-refractivity contribution >= 4 is 27.5 Å². The minimum absolute atomic E-state index is 0.107. The summed E-state index contributed by atoms with van der Waals surface area (Å²) in [6, 6.07) is 6.29. The van der Waals surface area contributed by atoms with Gasteiger partial charge in [0.15, 0.2) is 0 Å². The van der Waals surface area contributed by atoms with Crippen molar-refractivity contribution in [1.82, 2.24) is 0 Å². The summed E-state index contributed by atoms with van der Waals surface area (Å²) in [5, 5.41) is 16.7. The number of benzene rings is 1. The standard InChI is InChI=1S/C14H20BrN3O/c15-10-5-6-12(14(16)17)13(9-10)18-7-1-3-11(18)4-2-8-19/h5-6,9,11,19H,1-4,7-8H2,(H3,16,17). The first-order valence-electron chi connectivity index (χ1n) is 6.65. The number of nitrogen functional groups attached to an aromatic ring is 1. The largest absolute Gasteiger partial charge is 0.396 e. The summed E-state index contributed by atoms with van der Waals surface area (Å²) >= 11 is 3.49. The normalized spacial score (nSPS) is 18.8. The highest BCUT2D eigenvalue weighted by molar-refractivity contribution is 9.10. The Morgan fingerprint density at radius 3 is 3.00 bits per heavy atom. The Morgan fingerprint density at radius 1 is 1.53 bits per heavy atom. The van der Waals surface area contributed by atoms with E-state index in [-0.39, 0.29) is 12.4 Å². The first kappa shape index (κ1) is 14.3. The number of rotatable bonds is 5. The zero-order chi connectivity index (χ0) is 13.8. The molecule has 0 aromatic heterocycles. The van der Waals surface area contributed by atoms with E-state index in [9.17, 15) is 0 Å². The van der Waals surface area contributed by atoms with Crippen LogP contribution in [0.1, 0.15) is 31.2 Å². The highest BCUT2D eigenvalue weighted by Gasteiger charge is 2.26. The van der Waals surface area contributed by atoms with E-state index in [1.54, 1.807) is 0 Å². The van der Waals surface area contributed by atoms with Crippen LogP contribution in [0.15, 0.2) is 22.7 Å². The third-order valence-corrected chi connectivity index (χ3v) is 4.13. The zero-order valence-electron chi connectivity index (χ0n) is 10.9. The van der Waals surface area contributed by atoms with Crippen molar-refractivity contribution < 1.29 is 5.11 Å². The van der Waals surface area contributed by atoms with Gasteiger partial charge < -0.3 is 15.7 Å². The Hall–Kier alpha value is -1.07. The molecule has 1 aromatic carbocycles. The van der Waals surface area contributed by atoms with Gasteiger partial charge in [-0.2, -0.15) is 0 Å². The molecule has 1 aromatic rings. The van der Waals surface area contributed by atoms with Crippen LogP contribution in [0.2, 0.25) is 0 Å². The number of nitrogens with one attached hydrogen (secondary N) is 1. The molecule has 0 radical (unpaired) electrons. The first-order chi connectivity index (χ1) is 9.13. The lowest BCUT2D eigenvalue weighted by molar-refractivity contribution is 0.279. The van der Waals surface area contributed by atoms with Crippen LogP contribution in [0.3, 0.4) is 0 Å². The van der Waals surface area contributed by atoms with Crippen molar-refractivity contribution in [2.75, 3.05) is 18.1 Å². The van der Waals surface area contributed by atoms with E-state index in [0.29, 0.717) is 6.04 Å². The van der Waals surface area contributed by atoms with Crippen molar-refractivity contribution in [3.63, 3.8) is 0 Å². The second-order valence-corrected chi connectivity index (χ2v) is 5.85. The second kappa shape index (κ2) is 6.39. The van der Waals surface area contributed by atoms with Crippen LogP contribution in [-0.2, 0) is 0 Å². The van der Waals surface area contributed by atoms with Crippen LogP contribution in [0.25, 0.3) is 0 Å². The van der Waals surface area contributed by atoms with Gasteiger partial charge in [-0.3, -0.25) is 5.41 Å². The predicted octanol–water partition coefficient (Wildman–Crippen LogP) is 2.47. The number of hydrogen-bond donors (Lipinski definition) is 3. The van der Waals surface area contributed by atoms with E-state index in [0.717, 1.165) is 48.0 Å². The Morgan fingerprint density at radius 2 is 2.32 bits per heavy atom. The number of aliphatic hydroxyl groups excluding tert-OH is 1. The van der Waals surface area contributed by atoms with E-state index in [1.807, 2.05) is 18.2 Å². The molecule has 0 bridgehead atoms. The van der Waals surface area contributed by atoms with Crippen molar-refractivity contribution in [3.8, 4) is 0 Å². The number of nitrogens with two attached hydrogens (primary N) is 1. The number of amidine groups is 1. The second-order valence-electron chi connectivity index (χ2n) is 4.93. The van der Waals surface area contributed by atoms with Gasteiger partial charge in [-0.15, -0.1) is 0 Å². The summed E-state index contributed by atoms with van der Waals surface area (Å²) in [6.45, 7) is 1.23. The van der Waals surface area contributed by atoms with Gasteiger partial charge in [0, 0.05) is 34.9 Å². The lowest BCUT2D eigenvalue weighted by atomic mass is 10.1. The zero-order valence-corrected chi connectivity index (χ0v) is 12.5. The predicted molar refractivity (Wildman–Crippen MR) is 81.8 cm³/mol. The van der Waals surface area contributed by atoms with Crippen molar-refractivity contribution in [2.24, 2.45) is 5.73 Å². The van der Waals surface area contributed by atoms with Gasteiger partial charge >= 0.3 is 0 Å². The number of nitrogens with zero attached hydrogens (tertiary/aromatic N) is 1. The number of hydrogen-bond acceptors (Lipinski definition) is 3. The molecule has 1 saturated heterocycles. The van der Waals surface area contributed by atoms with E-state index in [1.165, 1.54) is 0 Å². The SMILES string of the molecule is N=C(N)c1ccc(Br)cc1N1CCCC1CCCO. The van der Waals surface area contributed by atoms with E-state index >= 15 is 0 Å². The monoisotopic (exact) mass is 325 g/mol. The van der Waals surface area contributed by atoms with Gasteiger partial charge in [0.1, 0.15) is 5.84 Å². The molecule has 1 unspecified atom stereocenters. The molecule has 0 amide bonds. The molecule has 19 heavy (non-hydrogen) atoms. The van der Waals surface area contributed by atoms with Gasteiger partial charge in [0.05, 0.1) is 0 Å². The minimum atomic E-state index is 0.107. The summed E-state index contributed by atoms with van der Waals surface area (Å²) in [6.07, 6.45) is 4.11. The molecule has 104 valence electrons. The Balaban J connectivity index is 2.28. The molecule has 0 aliphatic carbocycles. The van der Waals surface area contributed by atoms with Gasteiger partial charge in [-0.25, -0.2) is 0 Å². The maximum atomic E-state index is 8.99. The molecule has 1 fully saturated rings. The fourth-order valence-corrected chi connectivity index (χ4v) is 3.10. The van der Waals surface area contributed by atoms with Crippen LogP contribution in [0.5, 0.6) is 0 Å². The number of aliphatic hydroxyl groups is 1. The average molecular weight is 326 g/mol. The molecule has 1 aliphatic heterocycles.